The number of hydrogen-bond donors (Lipinski definition) is 0. The zero-order chi connectivity index (χ0) is 26.0. The minimum Gasteiger partial charge on any atom is -0.292 e. The molecule has 2 fully saturated rings. The molecule has 1 saturated heterocycles. The first-order valence-electron chi connectivity index (χ1n) is 11.6. The third-order valence-corrected chi connectivity index (χ3v) is 6.89. The number of non-ortho nitro benzene ring substituents is 1. The van der Waals surface area contributed by atoms with Gasteiger partial charge >= 0.3 is 0 Å². The highest BCUT2D eigenvalue weighted by atomic mass is 35.5. The third kappa shape index (κ3) is 4.73. The molecule has 0 radical (unpaired) electrons. The number of nitrogens with zero attached hydrogens (tertiary/aromatic N) is 3. The molecule has 2 aromatic carbocycles. The summed E-state index contributed by atoms with van der Waals surface area (Å²) in [6.45, 7) is 0. The number of carbonyl (C=O) groups is 4. The van der Waals surface area contributed by atoms with Crippen LogP contribution in [0.4, 0.5) is 10.1 Å². The molecule has 188 valence electrons. The molecule has 1 heterocycles. The van der Waals surface area contributed by atoms with Crippen LogP contribution >= 0.6 is 11.6 Å². The maximum absolute atomic E-state index is 13.8. The van der Waals surface area contributed by atoms with Crippen molar-refractivity contribution >= 4 is 40.8 Å². The highest BCUT2D eigenvalue weighted by Crippen LogP contribution is 2.40. The summed E-state index contributed by atoms with van der Waals surface area (Å²) in [6.07, 6.45) is 2.44. The molecule has 2 aromatic rings. The van der Waals surface area contributed by atoms with Gasteiger partial charge in [0.15, 0.2) is 5.78 Å². The SMILES string of the molecule is O=C(c1ccc(F)cc1)[C@@H](CCCl)N(C(=O)c1ccc([N+](=O)[O-])cc1)N1C(=O)[C@H]2CCCC[C@H]2C1=O. The van der Waals surface area contributed by atoms with E-state index in [4.69, 9.17) is 11.6 Å². The lowest BCUT2D eigenvalue weighted by Gasteiger charge is -2.36. The number of rotatable bonds is 8. The Morgan fingerprint density at radius 1 is 1.00 bits per heavy atom. The molecule has 1 aliphatic carbocycles. The second-order valence-corrected chi connectivity index (χ2v) is 9.18. The number of hydrazine groups is 1. The van der Waals surface area contributed by atoms with Crippen LogP contribution in [-0.2, 0) is 9.59 Å². The van der Waals surface area contributed by atoms with Crippen molar-refractivity contribution in [1.82, 2.24) is 10.0 Å². The number of ketones is 1. The van der Waals surface area contributed by atoms with Gasteiger partial charge in [0.05, 0.1) is 16.8 Å². The molecule has 0 unspecified atom stereocenters. The summed E-state index contributed by atoms with van der Waals surface area (Å²) in [5.41, 5.74) is -0.232. The molecule has 0 spiro atoms. The second kappa shape index (κ2) is 10.5. The van der Waals surface area contributed by atoms with Crippen molar-refractivity contribution in [2.45, 2.75) is 38.1 Å². The largest absolute Gasteiger partial charge is 0.292 e. The predicted octanol–water partition coefficient (Wildman–Crippen LogP) is 4.15. The second-order valence-electron chi connectivity index (χ2n) is 8.80. The number of fused-ring (bicyclic) bond motifs is 1. The van der Waals surface area contributed by atoms with Crippen LogP contribution in [0.15, 0.2) is 48.5 Å². The highest BCUT2D eigenvalue weighted by molar-refractivity contribution is 6.18. The first-order valence-corrected chi connectivity index (χ1v) is 12.1. The van der Waals surface area contributed by atoms with Crippen molar-refractivity contribution < 1.29 is 28.5 Å². The number of nitro groups is 1. The van der Waals surface area contributed by atoms with Crippen LogP contribution in [0.5, 0.6) is 0 Å². The van der Waals surface area contributed by atoms with Crippen molar-refractivity contribution in [3.8, 4) is 0 Å². The molecule has 9 nitrogen and oxygen atoms in total. The van der Waals surface area contributed by atoms with Crippen molar-refractivity contribution in [1.29, 1.82) is 0 Å². The monoisotopic (exact) mass is 515 g/mol. The summed E-state index contributed by atoms with van der Waals surface area (Å²) >= 11 is 5.99. The molecule has 0 bridgehead atoms. The molecule has 11 heteroatoms. The maximum atomic E-state index is 13.8. The number of amides is 3. The molecule has 4 rings (SSSR count). The van der Waals surface area contributed by atoms with Gasteiger partial charge in [0.1, 0.15) is 11.9 Å². The molecular formula is C25H23ClFN3O6. The average Bonchev–Trinajstić information content (AvgIpc) is 3.13. The number of nitro benzene ring substituents is 1. The van der Waals surface area contributed by atoms with E-state index in [1.54, 1.807) is 0 Å². The van der Waals surface area contributed by atoms with Gasteiger partial charge in [-0.1, -0.05) is 12.8 Å². The summed E-state index contributed by atoms with van der Waals surface area (Å²) in [5.74, 6) is -4.42. The molecule has 1 aliphatic heterocycles. The summed E-state index contributed by atoms with van der Waals surface area (Å²) < 4.78 is 13.5. The smallest absolute Gasteiger partial charge is 0.273 e. The van der Waals surface area contributed by atoms with E-state index in [1.165, 1.54) is 24.3 Å². The van der Waals surface area contributed by atoms with E-state index in [0.29, 0.717) is 12.8 Å². The zero-order valence-electron chi connectivity index (χ0n) is 19.1. The molecule has 0 aromatic heterocycles. The first-order chi connectivity index (χ1) is 17.2. The van der Waals surface area contributed by atoms with Crippen LogP contribution in [-0.4, -0.2) is 50.4 Å². The Morgan fingerprint density at radius 2 is 1.53 bits per heavy atom. The minimum atomic E-state index is -1.34. The van der Waals surface area contributed by atoms with Crippen molar-refractivity contribution in [3.05, 3.63) is 75.6 Å². The number of halogens is 2. The van der Waals surface area contributed by atoms with Gasteiger partial charge in [-0.3, -0.25) is 29.3 Å². The van der Waals surface area contributed by atoms with E-state index < -0.39 is 52.1 Å². The van der Waals surface area contributed by atoms with Gasteiger partial charge in [0.2, 0.25) is 0 Å². The van der Waals surface area contributed by atoms with Crippen LogP contribution in [0, 0.1) is 27.8 Å². The summed E-state index contributed by atoms with van der Waals surface area (Å²) in [7, 11) is 0. The normalized spacial score (nSPS) is 20.1. The number of hydrogen-bond acceptors (Lipinski definition) is 6. The minimum absolute atomic E-state index is 0.0532. The van der Waals surface area contributed by atoms with E-state index >= 15 is 0 Å². The summed E-state index contributed by atoms with van der Waals surface area (Å²) in [4.78, 5) is 64.6. The number of alkyl halides is 1. The summed E-state index contributed by atoms with van der Waals surface area (Å²) in [6, 6.07) is 7.99. The molecular weight excluding hydrogens is 493 g/mol. The van der Waals surface area contributed by atoms with Crippen molar-refractivity contribution in [2.24, 2.45) is 11.8 Å². The van der Waals surface area contributed by atoms with Crippen molar-refractivity contribution in [3.63, 3.8) is 0 Å². The van der Waals surface area contributed by atoms with Gasteiger partial charge in [-0.05, 0) is 55.7 Å². The van der Waals surface area contributed by atoms with E-state index in [0.717, 1.165) is 47.1 Å². The number of benzene rings is 2. The molecule has 2 aliphatic rings. The van der Waals surface area contributed by atoms with Gasteiger partial charge in [0.25, 0.3) is 23.4 Å². The Labute approximate surface area is 210 Å². The first kappa shape index (κ1) is 25.4. The van der Waals surface area contributed by atoms with Gasteiger partial charge in [-0.25, -0.2) is 9.40 Å². The fourth-order valence-corrected chi connectivity index (χ4v) is 5.07. The molecule has 36 heavy (non-hydrogen) atoms. The molecule has 1 saturated carbocycles. The number of Topliss-reactive ketones (excluding diaryl/α,β-unsaturated/α-hetero) is 1. The highest BCUT2D eigenvalue weighted by Gasteiger charge is 2.53. The van der Waals surface area contributed by atoms with E-state index in [-0.39, 0.29) is 29.1 Å². The number of carbonyl (C=O) groups excluding carboxylic acids is 4. The van der Waals surface area contributed by atoms with Gasteiger partial charge in [-0.15, -0.1) is 11.6 Å². The van der Waals surface area contributed by atoms with Crippen LogP contribution in [0.1, 0.15) is 52.8 Å². The lowest BCUT2D eigenvalue weighted by Crippen LogP contribution is -2.57. The Hall–Kier alpha value is -3.66. The summed E-state index contributed by atoms with van der Waals surface area (Å²) in [5, 5.41) is 12.7. The predicted molar refractivity (Wildman–Crippen MR) is 126 cm³/mol. The molecule has 3 amide bonds. The fourth-order valence-electron chi connectivity index (χ4n) is 4.86. The van der Waals surface area contributed by atoms with E-state index in [9.17, 15) is 33.7 Å². The van der Waals surface area contributed by atoms with Gasteiger partial charge < -0.3 is 0 Å². The van der Waals surface area contributed by atoms with E-state index in [1.807, 2.05) is 0 Å². The van der Waals surface area contributed by atoms with Crippen molar-refractivity contribution in [2.75, 3.05) is 5.88 Å². The fraction of sp³-hybridized carbons (Fsp3) is 0.360. The number of imide groups is 1. The van der Waals surface area contributed by atoms with Gasteiger partial charge in [0, 0.05) is 29.1 Å². The zero-order valence-corrected chi connectivity index (χ0v) is 19.9. The standard InChI is InChI=1S/C25H23ClFN3O6/c26-14-13-21(22(31)15-5-9-17(27)10-6-15)28(23(32)16-7-11-18(12-8-16)30(35)36)29-24(33)19-3-1-2-4-20(19)25(29)34/h5-12,19-21H,1-4,13-14H2/t19-,20+,21-/m1/s1. The van der Waals surface area contributed by atoms with Crippen LogP contribution < -0.4 is 0 Å². The maximum Gasteiger partial charge on any atom is 0.273 e. The lowest BCUT2D eigenvalue weighted by atomic mass is 9.81. The Bertz CT molecular complexity index is 1180. The van der Waals surface area contributed by atoms with Gasteiger partial charge in [-0.2, -0.15) is 5.01 Å². The Morgan fingerprint density at radius 3 is 2.03 bits per heavy atom. The third-order valence-electron chi connectivity index (χ3n) is 6.68. The van der Waals surface area contributed by atoms with Crippen LogP contribution in [0.3, 0.4) is 0 Å². The lowest BCUT2D eigenvalue weighted by molar-refractivity contribution is -0.384. The average molecular weight is 516 g/mol. The van der Waals surface area contributed by atoms with E-state index in [2.05, 4.69) is 0 Å². The molecule has 3 atom stereocenters. The quantitative estimate of drug-likeness (QED) is 0.171. The topological polar surface area (TPSA) is 118 Å². The molecule has 0 N–H and O–H groups in total. The van der Waals surface area contributed by atoms with Crippen LogP contribution in [0.2, 0.25) is 0 Å². The Kier molecular flexibility index (Phi) is 7.44. The Balaban J connectivity index is 1.79. The van der Waals surface area contributed by atoms with Crippen LogP contribution in [0.25, 0.3) is 0 Å².